The molecule has 0 aliphatic heterocycles. The lowest BCUT2D eigenvalue weighted by molar-refractivity contribution is -0.139. The molecular weight excluding hydrogens is 334 g/mol. The van der Waals surface area contributed by atoms with E-state index in [2.05, 4.69) is 29.8 Å². The highest BCUT2D eigenvalue weighted by atomic mass is 32.1. The van der Waals surface area contributed by atoms with Crippen LogP contribution in [-0.4, -0.2) is 24.2 Å². The molecule has 0 saturated carbocycles. The molecule has 1 aromatic carbocycles. The van der Waals surface area contributed by atoms with Gasteiger partial charge in [-0.2, -0.15) is 0 Å². The van der Waals surface area contributed by atoms with Crippen LogP contribution in [-0.2, 0) is 9.53 Å². The molecule has 0 aliphatic carbocycles. The van der Waals surface area contributed by atoms with Crippen molar-refractivity contribution in [1.82, 2.24) is 4.98 Å². The number of carbonyl (C=O) groups excluding carboxylic acids is 1. The number of ether oxygens (including phenoxy) is 2. The summed E-state index contributed by atoms with van der Waals surface area (Å²) in [6.07, 6.45) is 4.81. The van der Waals surface area contributed by atoms with Gasteiger partial charge in [0.1, 0.15) is 5.75 Å². The minimum Gasteiger partial charge on any atom is -0.493 e. The zero-order chi connectivity index (χ0) is 17.6. The lowest BCUT2D eigenvalue weighted by Gasteiger charge is -2.12. The van der Waals surface area contributed by atoms with Crippen molar-refractivity contribution in [2.75, 3.05) is 13.2 Å². The zero-order valence-electron chi connectivity index (χ0n) is 14.0. The summed E-state index contributed by atoms with van der Waals surface area (Å²) in [7, 11) is 0. The van der Waals surface area contributed by atoms with E-state index in [1.165, 1.54) is 15.0 Å². The molecule has 0 aliphatic rings. The van der Waals surface area contributed by atoms with Crippen LogP contribution >= 0.6 is 11.3 Å². The van der Waals surface area contributed by atoms with E-state index in [0.29, 0.717) is 13.2 Å². The van der Waals surface area contributed by atoms with Crippen molar-refractivity contribution in [3.8, 4) is 16.2 Å². The molecule has 128 valence electrons. The molecule has 2 heterocycles. The summed E-state index contributed by atoms with van der Waals surface area (Å²) in [5.41, 5.74) is 1.11. The first-order valence-corrected chi connectivity index (χ1v) is 8.83. The minimum atomic E-state index is -0.408. The number of thiophene rings is 1. The molecule has 0 radical (unpaired) electrons. The summed E-state index contributed by atoms with van der Waals surface area (Å²) >= 11 is 1.72. The molecule has 0 saturated heterocycles. The maximum Gasteiger partial charge on any atom is 0.330 e. The molecule has 3 rings (SSSR count). The van der Waals surface area contributed by atoms with Crippen LogP contribution in [0.1, 0.15) is 6.92 Å². The van der Waals surface area contributed by atoms with Crippen LogP contribution in [0.15, 0.2) is 61.4 Å². The van der Waals surface area contributed by atoms with E-state index in [1.54, 1.807) is 17.5 Å². The lowest BCUT2D eigenvalue weighted by atomic mass is 10.2. The van der Waals surface area contributed by atoms with Crippen molar-refractivity contribution >= 4 is 27.4 Å². The number of hydrogen-bond acceptors (Lipinski definition) is 5. The summed E-state index contributed by atoms with van der Waals surface area (Å²) in [6.45, 7) is 6.15. The zero-order valence-corrected chi connectivity index (χ0v) is 14.8. The smallest absolute Gasteiger partial charge is 0.330 e. The molecule has 1 unspecified atom stereocenters. The molecule has 2 aromatic heterocycles. The van der Waals surface area contributed by atoms with Gasteiger partial charge in [-0.15, -0.1) is 11.3 Å². The van der Waals surface area contributed by atoms with Crippen LogP contribution in [0.25, 0.3) is 20.5 Å². The van der Waals surface area contributed by atoms with Gasteiger partial charge in [0.15, 0.2) is 0 Å². The molecule has 25 heavy (non-hydrogen) atoms. The van der Waals surface area contributed by atoms with Gasteiger partial charge in [-0.05, 0) is 35.7 Å². The van der Waals surface area contributed by atoms with Gasteiger partial charge in [-0.25, -0.2) is 4.79 Å². The third kappa shape index (κ3) is 4.45. The Morgan fingerprint density at radius 1 is 1.32 bits per heavy atom. The Hall–Kier alpha value is -2.66. The van der Waals surface area contributed by atoms with Crippen molar-refractivity contribution in [2.45, 2.75) is 6.92 Å². The summed E-state index contributed by atoms with van der Waals surface area (Å²) in [6, 6.07) is 12.2. The molecular formula is C20H19NO3S. The Balaban J connectivity index is 1.65. The number of nitrogens with zero attached hydrogens (tertiary/aromatic N) is 1. The van der Waals surface area contributed by atoms with Crippen molar-refractivity contribution in [1.29, 1.82) is 0 Å². The lowest BCUT2D eigenvalue weighted by Crippen LogP contribution is -2.16. The predicted octanol–water partition coefficient (Wildman–Crippen LogP) is 4.71. The topological polar surface area (TPSA) is 48.4 Å². The SMILES string of the molecule is C=CC(=O)OCC(C)COc1ccc2cc(-c3cccnc3)sc2c1. The largest absolute Gasteiger partial charge is 0.493 e. The highest BCUT2D eigenvalue weighted by Gasteiger charge is 2.08. The fourth-order valence-electron chi connectivity index (χ4n) is 2.32. The van der Waals surface area contributed by atoms with Crippen molar-refractivity contribution < 1.29 is 14.3 Å². The van der Waals surface area contributed by atoms with Gasteiger partial charge in [0.05, 0.1) is 13.2 Å². The highest BCUT2D eigenvalue weighted by molar-refractivity contribution is 7.22. The normalized spacial score (nSPS) is 11.9. The van der Waals surface area contributed by atoms with Crippen LogP contribution in [0.4, 0.5) is 0 Å². The van der Waals surface area contributed by atoms with Gasteiger partial charge < -0.3 is 9.47 Å². The second kappa shape index (κ2) is 7.94. The standard InChI is InChI=1S/C20H19NO3S/c1-3-20(22)24-13-14(2)12-23-17-7-6-15-9-18(25-19(15)10-17)16-5-4-8-21-11-16/h3-11,14H,1,12-13H2,2H3. The number of esters is 1. The van der Waals surface area contributed by atoms with Gasteiger partial charge in [0, 0.05) is 39.5 Å². The van der Waals surface area contributed by atoms with E-state index in [0.717, 1.165) is 17.4 Å². The number of pyridine rings is 1. The Labute approximate surface area is 150 Å². The fraction of sp³-hybridized carbons (Fsp3) is 0.200. The average molecular weight is 353 g/mol. The maximum atomic E-state index is 11.1. The number of fused-ring (bicyclic) bond motifs is 1. The summed E-state index contributed by atoms with van der Waals surface area (Å²) in [4.78, 5) is 16.4. The van der Waals surface area contributed by atoms with E-state index < -0.39 is 5.97 Å². The molecule has 1 atom stereocenters. The van der Waals surface area contributed by atoms with E-state index in [1.807, 2.05) is 31.3 Å². The number of hydrogen-bond donors (Lipinski definition) is 0. The summed E-state index contributed by atoms with van der Waals surface area (Å²) in [5.74, 6) is 0.512. The number of benzene rings is 1. The second-order valence-corrected chi connectivity index (χ2v) is 6.89. The van der Waals surface area contributed by atoms with Crippen molar-refractivity contribution in [2.24, 2.45) is 5.92 Å². The molecule has 3 aromatic rings. The fourth-order valence-corrected chi connectivity index (χ4v) is 3.40. The quantitative estimate of drug-likeness (QED) is 0.456. The third-order valence-corrected chi connectivity index (χ3v) is 4.80. The Bertz CT molecular complexity index is 873. The van der Waals surface area contributed by atoms with Crippen LogP contribution in [0.2, 0.25) is 0 Å². The predicted molar refractivity (Wildman–Crippen MR) is 101 cm³/mol. The first kappa shape index (κ1) is 17.2. The van der Waals surface area contributed by atoms with Crippen LogP contribution in [0, 0.1) is 5.92 Å². The van der Waals surface area contributed by atoms with Crippen LogP contribution < -0.4 is 4.74 Å². The van der Waals surface area contributed by atoms with Crippen LogP contribution in [0.5, 0.6) is 5.75 Å². The van der Waals surface area contributed by atoms with Gasteiger partial charge >= 0.3 is 5.97 Å². The van der Waals surface area contributed by atoms with E-state index in [9.17, 15) is 4.79 Å². The summed E-state index contributed by atoms with van der Waals surface area (Å²) in [5, 5.41) is 1.18. The Morgan fingerprint density at radius 2 is 2.20 bits per heavy atom. The molecule has 0 amide bonds. The first-order valence-electron chi connectivity index (χ1n) is 8.01. The molecule has 0 bridgehead atoms. The van der Waals surface area contributed by atoms with Crippen molar-refractivity contribution in [3.63, 3.8) is 0 Å². The molecule has 4 nitrogen and oxygen atoms in total. The third-order valence-electron chi connectivity index (χ3n) is 3.65. The number of rotatable bonds is 7. The Morgan fingerprint density at radius 3 is 2.96 bits per heavy atom. The van der Waals surface area contributed by atoms with Gasteiger partial charge in [0.2, 0.25) is 0 Å². The maximum absolute atomic E-state index is 11.1. The van der Waals surface area contributed by atoms with Crippen LogP contribution in [0.3, 0.4) is 0 Å². The van der Waals surface area contributed by atoms with E-state index in [4.69, 9.17) is 9.47 Å². The van der Waals surface area contributed by atoms with E-state index >= 15 is 0 Å². The molecule has 0 spiro atoms. The monoisotopic (exact) mass is 353 g/mol. The number of carbonyl (C=O) groups is 1. The van der Waals surface area contributed by atoms with Gasteiger partial charge in [-0.3, -0.25) is 4.98 Å². The van der Waals surface area contributed by atoms with Crippen molar-refractivity contribution in [3.05, 3.63) is 61.4 Å². The molecule has 0 fully saturated rings. The van der Waals surface area contributed by atoms with E-state index in [-0.39, 0.29) is 5.92 Å². The second-order valence-electron chi connectivity index (χ2n) is 5.80. The first-order chi connectivity index (χ1) is 12.2. The average Bonchev–Trinajstić information content (AvgIpc) is 3.08. The summed E-state index contributed by atoms with van der Waals surface area (Å²) < 4.78 is 12.0. The molecule has 0 N–H and O–H groups in total. The Kier molecular flexibility index (Phi) is 5.46. The highest BCUT2D eigenvalue weighted by Crippen LogP contribution is 2.35. The molecule has 5 heteroatoms. The number of aromatic nitrogens is 1. The van der Waals surface area contributed by atoms with Gasteiger partial charge in [0.25, 0.3) is 0 Å². The minimum absolute atomic E-state index is 0.105. The van der Waals surface area contributed by atoms with Gasteiger partial charge in [-0.1, -0.05) is 19.6 Å².